The van der Waals surface area contributed by atoms with E-state index in [-0.39, 0.29) is 11.6 Å². The monoisotopic (exact) mass is 311 g/mol. The minimum Gasteiger partial charge on any atom is -0.379 e. The molecule has 1 rings (SSSR count). The SMILES string of the molecule is CCCNc1c(C(=O)NCCCSC)cccc1[N+](=O)[O-]. The van der Waals surface area contributed by atoms with Gasteiger partial charge in [-0.3, -0.25) is 14.9 Å². The number of amides is 1. The number of hydrogen-bond acceptors (Lipinski definition) is 5. The summed E-state index contributed by atoms with van der Waals surface area (Å²) in [6.45, 7) is 3.11. The minimum atomic E-state index is -0.470. The van der Waals surface area contributed by atoms with Crippen LogP contribution in [0.4, 0.5) is 11.4 Å². The van der Waals surface area contributed by atoms with E-state index < -0.39 is 4.92 Å². The Morgan fingerprint density at radius 1 is 1.38 bits per heavy atom. The third kappa shape index (κ3) is 5.26. The first-order valence-electron chi connectivity index (χ1n) is 6.90. The first-order valence-corrected chi connectivity index (χ1v) is 8.29. The van der Waals surface area contributed by atoms with Crippen molar-refractivity contribution in [1.82, 2.24) is 5.32 Å². The van der Waals surface area contributed by atoms with Gasteiger partial charge in [0.15, 0.2) is 0 Å². The van der Waals surface area contributed by atoms with E-state index in [1.807, 2.05) is 13.2 Å². The van der Waals surface area contributed by atoms with Gasteiger partial charge >= 0.3 is 0 Å². The molecule has 1 aromatic carbocycles. The highest BCUT2D eigenvalue weighted by Crippen LogP contribution is 2.28. The predicted molar refractivity (Wildman–Crippen MR) is 87.2 cm³/mol. The highest BCUT2D eigenvalue weighted by Gasteiger charge is 2.20. The smallest absolute Gasteiger partial charge is 0.293 e. The molecule has 0 heterocycles. The summed E-state index contributed by atoms with van der Waals surface area (Å²) in [5, 5.41) is 16.9. The van der Waals surface area contributed by atoms with Crippen LogP contribution in [0.25, 0.3) is 0 Å². The molecule has 0 spiro atoms. The van der Waals surface area contributed by atoms with Crippen molar-refractivity contribution in [3.63, 3.8) is 0 Å². The Balaban J connectivity index is 2.90. The Kier molecular flexibility index (Phi) is 7.60. The van der Waals surface area contributed by atoms with E-state index in [0.29, 0.717) is 24.3 Å². The van der Waals surface area contributed by atoms with Crippen LogP contribution in [0.1, 0.15) is 30.1 Å². The molecule has 7 heteroatoms. The zero-order chi connectivity index (χ0) is 15.7. The molecule has 0 aromatic heterocycles. The van der Waals surface area contributed by atoms with Gasteiger partial charge in [-0.1, -0.05) is 13.0 Å². The fraction of sp³-hybridized carbons (Fsp3) is 0.500. The lowest BCUT2D eigenvalue weighted by atomic mass is 10.1. The number of nitrogens with zero attached hydrogens (tertiary/aromatic N) is 1. The fourth-order valence-electron chi connectivity index (χ4n) is 1.83. The molecule has 0 bridgehead atoms. The number of nitro groups is 1. The fourth-order valence-corrected chi connectivity index (χ4v) is 2.26. The highest BCUT2D eigenvalue weighted by molar-refractivity contribution is 7.98. The van der Waals surface area contributed by atoms with E-state index >= 15 is 0 Å². The van der Waals surface area contributed by atoms with Gasteiger partial charge in [0.05, 0.1) is 10.5 Å². The molecule has 0 saturated heterocycles. The molecule has 1 amide bonds. The lowest BCUT2D eigenvalue weighted by molar-refractivity contribution is -0.384. The van der Waals surface area contributed by atoms with Gasteiger partial charge in [0.25, 0.3) is 11.6 Å². The van der Waals surface area contributed by atoms with Gasteiger partial charge in [-0.15, -0.1) is 0 Å². The van der Waals surface area contributed by atoms with Crippen molar-refractivity contribution >= 4 is 29.0 Å². The van der Waals surface area contributed by atoms with E-state index in [4.69, 9.17) is 0 Å². The molecule has 0 fully saturated rings. The number of nitrogens with one attached hydrogen (secondary N) is 2. The number of carbonyl (C=O) groups is 1. The number of anilines is 1. The van der Waals surface area contributed by atoms with Crippen LogP contribution >= 0.6 is 11.8 Å². The molecule has 0 unspecified atom stereocenters. The third-order valence-corrected chi connectivity index (χ3v) is 3.54. The van der Waals surface area contributed by atoms with Crippen LogP contribution in [-0.2, 0) is 0 Å². The van der Waals surface area contributed by atoms with Crippen molar-refractivity contribution in [3.05, 3.63) is 33.9 Å². The van der Waals surface area contributed by atoms with Gasteiger partial charge in [0.1, 0.15) is 5.69 Å². The van der Waals surface area contributed by atoms with Crippen LogP contribution in [-0.4, -0.2) is 35.9 Å². The number of nitro benzene ring substituents is 1. The number of hydrogen-bond donors (Lipinski definition) is 2. The van der Waals surface area contributed by atoms with Gasteiger partial charge < -0.3 is 10.6 Å². The Morgan fingerprint density at radius 2 is 2.14 bits per heavy atom. The van der Waals surface area contributed by atoms with Gasteiger partial charge in [-0.2, -0.15) is 11.8 Å². The van der Waals surface area contributed by atoms with Crippen molar-refractivity contribution in [1.29, 1.82) is 0 Å². The number of benzene rings is 1. The normalized spacial score (nSPS) is 10.2. The molecular formula is C14H21N3O3S. The summed E-state index contributed by atoms with van der Waals surface area (Å²) in [6.07, 6.45) is 3.70. The summed E-state index contributed by atoms with van der Waals surface area (Å²) in [4.78, 5) is 22.8. The summed E-state index contributed by atoms with van der Waals surface area (Å²) >= 11 is 1.72. The number of rotatable bonds is 9. The largest absolute Gasteiger partial charge is 0.379 e. The van der Waals surface area contributed by atoms with Crippen molar-refractivity contribution < 1.29 is 9.72 Å². The zero-order valence-electron chi connectivity index (χ0n) is 12.3. The molecule has 2 N–H and O–H groups in total. The van der Waals surface area contributed by atoms with Crippen molar-refractivity contribution in [2.24, 2.45) is 0 Å². The first kappa shape index (κ1) is 17.3. The maximum atomic E-state index is 12.2. The summed E-state index contributed by atoms with van der Waals surface area (Å²) in [6, 6.07) is 4.55. The average molecular weight is 311 g/mol. The standard InChI is InChI=1S/C14H21N3O3S/c1-3-8-15-13-11(6-4-7-12(13)17(19)20)14(18)16-9-5-10-21-2/h4,6-7,15H,3,5,8-10H2,1-2H3,(H,16,18). The van der Waals surface area contributed by atoms with E-state index in [0.717, 1.165) is 18.6 Å². The lowest BCUT2D eigenvalue weighted by Gasteiger charge is -2.12. The topological polar surface area (TPSA) is 84.3 Å². The van der Waals surface area contributed by atoms with Crippen LogP contribution in [0, 0.1) is 10.1 Å². The summed E-state index contributed by atoms with van der Waals surface area (Å²) in [5.41, 5.74) is 0.550. The molecular weight excluding hydrogens is 290 g/mol. The molecule has 21 heavy (non-hydrogen) atoms. The molecule has 0 atom stereocenters. The van der Waals surface area contributed by atoms with Crippen molar-refractivity contribution in [3.8, 4) is 0 Å². The Labute approximate surface area is 128 Å². The van der Waals surface area contributed by atoms with E-state index in [1.54, 1.807) is 17.8 Å². The molecule has 116 valence electrons. The van der Waals surface area contributed by atoms with Crippen LogP contribution in [0.3, 0.4) is 0 Å². The van der Waals surface area contributed by atoms with Crippen LogP contribution in [0.5, 0.6) is 0 Å². The number of thioether (sulfide) groups is 1. The first-order chi connectivity index (χ1) is 10.1. The van der Waals surface area contributed by atoms with Gasteiger partial charge in [-0.05, 0) is 30.9 Å². The summed E-state index contributed by atoms with van der Waals surface area (Å²) in [5.74, 6) is 0.689. The third-order valence-electron chi connectivity index (χ3n) is 2.85. The predicted octanol–water partition coefficient (Wildman–Crippen LogP) is 2.90. The Bertz CT molecular complexity index is 494. The van der Waals surface area contributed by atoms with Gasteiger partial charge in [0, 0.05) is 19.2 Å². The molecule has 0 saturated carbocycles. The average Bonchev–Trinajstić information content (AvgIpc) is 2.48. The van der Waals surface area contributed by atoms with Gasteiger partial charge in [0.2, 0.25) is 0 Å². The Hall–Kier alpha value is -1.76. The second-order valence-corrected chi connectivity index (χ2v) is 5.47. The molecule has 0 aliphatic heterocycles. The van der Waals surface area contributed by atoms with Crippen LogP contribution < -0.4 is 10.6 Å². The maximum absolute atomic E-state index is 12.2. The van der Waals surface area contributed by atoms with Gasteiger partial charge in [-0.25, -0.2) is 0 Å². The van der Waals surface area contributed by atoms with Crippen molar-refractivity contribution in [2.45, 2.75) is 19.8 Å². The van der Waals surface area contributed by atoms with Crippen LogP contribution in [0.2, 0.25) is 0 Å². The minimum absolute atomic E-state index is 0.0692. The second-order valence-electron chi connectivity index (χ2n) is 4.49. The summed E-state index contributed by atoms with van der Waals surface area (Å²) in [7, 11) is 0. The lowest BCUT2D eigenvalue weighted by Crippen LogP contribution is -2.26. The van der Waals surface area contributed by atoms with E-state index in [9.17, 15) is 14.9 Å². The zero-order valence-corrected chi connectivity index (χ0v) is 13.2. The maximum Gasteiger partial charge on any atom is 0.293 e. The molecule has 1 aromatic rings. The quantitative estimate of drug-likeness (QED) is 0.416. The molecule has 0 radical (unpaired) electrons. The number of carbonyl (C=O) groups excluding carboxylic acids is 1. The van der Waals surface area contributed by atoms with E-state index in [2.05, 4.69) is 10.6 Å². The highest BCUT2D eigenvalue weighted by atomic mass is 32.2. The molecule has 0 aliphatic rings. The Morgan fingerprint density at radius 3 is 2.76 bits per heavy atom. The van der Waals surface area contributed by atoms with E-state index in [1.165, 1.54) is 12.1 Å². The molecule has 0 aliphatic carbocycles. The molecule has 6 nitrogen and oxygen atoms in total. The van der Waals surface area contributed by atoms with Crippen LogP contribution in [0.15, 0.2) is 18.2 Å². The van der Waals surface area contributed by atoms with Crippen molar-refractivity contribution in [2.75, 3.05) is 30.4 Å². The summed E-state index contributed by atoms with van der Waals surface area (Å²) < 4.78 is 0. The second kappa shape index (κ2) is 9.23. The number of para-hydroxylation sites is 1.